The molecule has 1 aliphatic heterocycles. The maximum atomic E-state index is 11.3. The molecule has 3 unspecified atom stereocenters. The summed E-state index contributed by atoms with van der Waals surface area (Å²) >= 11 is 4.05. The van der Waals surface area contributed by atoms with Crippen molar-refractivity contribution in [3.05, 3.63) is 0 Å². The Bertz CT molecular complexity index is 244. The van der Waals surface area contributed by atoms with Gasteiger partial charge in [0.15, 0.2) is 0 Å². The summed E-state index contributed by atoms with van der Waals surface area (Å²) < 4.78 is 0. The van der Waals surface area contributed by atoms with Gasteiger partial charge in [-0.2, -0.15) is 12.6 Å². The number of Topliss-reactive ketones (excluding diaryl/α,β-unsaturated/α-hetero) is 1. The Labute approximate surface area is 88.5 Å². The minimum atomic E-state index is -0.875. The predicted octanol–water partition coefficient (Wildman–Crippen LogP) is -0.239. The molecule has 0 spiro atoms. The fourth-order valence-corrected chi connectivity index (χ4v) is 1.91. The van der Waals surface area contributed by atoms with Gasteiger partial charge >= 0.3 is 0 Å². The summed E-state index contributed by atoms with van der Waals surface area (Å²) in [6.07, 6.45) is 0.607. The summed E-state index contributed by atoms with van der Waals surface area (Å²) in [6, 6.07) is -0.288. The lowest BCUT2D eigenvalue weighted by atomic mass is 9.96. The van der Waals surface area contributed by atoms with Gasteiger partial charge in [-0.3, -0.25) is 9.59 Å². The van der Waals surface area contributed by atoms with Crippen LogP contribution in [0.15, 0.2) is 0 Å². The van der Waals surface area contributed by atoms with Crippen LogP contribution in [0.25, 0.3) is 0 Å². The zero-order valence-corrected chi connectivity index (χ0v) is 8.96. The van der Waals surface area contributed by atoms with E-state index in [2.05, 4.69) is 17.9 Å². The molecule has 14 heavy (non-hydrogen) atoms. The van der Waals surface area contributed by atoms with Crippen molar-refractivity contribution >= 4 is 24.3 Å². The molecule has 5 heteroatoms. The maximum absolute atomic E-state index is 11.3. The first-order valence-electron chi connectivity index (χ1n) is 4.67. The van der Waals surface area contributed by atoms with Crippen LogP contribution in [0.1, 0.15) is 19.8 Å². The first-order chi connectivity index (χ1) is 6.57. The Morgan fingerprint density at radius 1 is 1.64 bits per heavy atom. The number of carbonyl (C=O) groups is 2. The Kier molecular flexibility index (Phi) is 3.95. The van der Waals surface area contributed by atoms with E-state index in [1.165, 1.54) is 6.92 Å². The quantitative estimate of drug-likeness (QED) is 0.450. The minimum absolute atomic E-state index is 0.275. The first kappa shape index (κ1) is 11.5. The number of rotatable bonds is 4. The summed E-state index contributed by atoms with van der Waals surface area (Å²) in [5.41, 5.74) is 0. The van der Waals surface area contributed by atoms with Crippen molar-refractivity contribution in [2.75, 3.05) is 5.75 Å². The highest BCUT2D eigenvalue weighted by molar-refractivity contribution is 7.80. The third kappa shape index (κ3) is 2.27. The van der Waals surface area contributed by atoms with Crippen molar-refractivity contribution in [2.24, 2.45) is 5.92 Å². The fourth-order valence-electron chi connectivity index (χ4n) is 1.72. The SMILES string of the molecule is CC(=O)C1C(=O)NC(CCCS)C1O. The summed E-state index contributed by atoms with van der Waals surface area (Å²) in [4.78, 5) is 22.3. The van der Waals surface area contributed by atoms with Gasteiger partial charge in [-0.25, -0.2) is 0 Å². The lowest BCUT2D eigenvalue weighted by molar-refractivity contribution is -0.132. The standard InChI is InChI=1S/C9H15NO3S/c1-5(11)7-8(12)6(3-2-4-14)10-9(7)13/h6-8,12,14H,2-4H2,1H3,(H,10,13). The minimum Gasteiger partial charge on any atom is -0.390 e. The van der Waals surface area contributed by atoms with Gasteiger partial charge in [-0.05, 0) is 25.5 Å². The van der Waals surface area contributed by atoms with E-state index < -0.39 is 12.0 Å². The Morgan fingerprint density at radius 2 is 2.29 bits per heavy atom. The molecule has 0 aromatic heterocycles. The molecule has 0 aliphatic carbocycles. The topological polar surface area (TPSA) is 66.4 Å². The number of aliphatic hydroxyl groups excluding tert-OH is 1. The van der Waals surface area contributed by atoms with E-state index in [0.29, 0.717) is 12.2 Å². The van der Waals surface area contributed by atoms with Crippen LogP contribution in [-0.4, -0.2) is 34.7 Å². The first-order valence-corrected chi connectivity index (χ1v) is 5.31. The van der Waals surface area contributed by atoms with Gasteiger partial charge in [-0.1, -0.05) is 0 Å². The second-order valence-electron chi connectivity index (χ2n) is 3.56. The molecular formula is C9H15NO3S. The molecule has 3 atom stereocenters. The Balaban J connectivity index is 2.59. The summed E-state index contributed by atoms with van der Waals surface area (Å²) in [6.45, 7) is 1.33. The van der Waals surface area contributed by atoms with E-state index in [9.17, 15) is 14.7 Å². The zero-order chi connectivity index (χ0) is 10.7. The number of hydrogen-bond donors (Lipinski definition) is 3. The van der Waals surface area contributed by atoms with Crippen molar-refractivity contribution in [2.45, 2.75) is 31.9 Å². The number of amides is 1. The van der Waals surface area contributed by atoms with Crippen molar-refractivity contribution in [3.8, 4) is 0 Å². The van der Waals surface area contributed by atoms with Gasteiger partial charge in [0.05, 0.1) is 12.1 Å². The van der Waals surface area contributed by atoms with Crippen LogP contribution in [0.5, 0.6) is 0 Å². The number of hydrogen-bond acceptors (Lipinski definition) is 4. The molecule has 1 saturated heterocycles. The van der Waals surface area contributed by atoms with E-state index in [0.717, 1.165) is 6.42 Å². The number of aliphatic hydroxyl groups is 1. The van der Waals surface area contributed by atoms with Crippen molar-refractivity contribution in [1.82, 2.24) is 5.32 Å². The molecule has 1 fully saturated rings. The molecule has 2 N–H and O–H groups in total. The largest absolute Gasteiger partial charge is 0.390 e. The van der Waals surface area contributed by atoms with E-state index in [4.69, 9.17) is 0 Å². The van der Waals surface area contributed by atoms with E-state index in [-0.39, 0.29) is 17.7 Å². The molecule has 1 heterocycles. The molecule has 0 bridgehead atoms. The summed E-state index contributed by atoms with van der Waals surface area (Å²) in [5.74, 6) is -0.790. The number of ketones is 1. The van der Waals surface area contributed by atoms with Crippen LogP contribution in [0.4, 0.5) is 0 Å². The molecule has 4 nitrogen and oxygen atoms in total. The Hall–Kier alpha value is -0.550. The van der Waals surface area contributed by atoms with Crippen LogP contribution in [-0.2, 0) is 9.59 Å². The molecule has 1 amide bonds. The second kappa shape index (κ2) is 4.79. The molecule has 1 rings (SSSR count). The van der Waals surface area contributed by atoms with Gasteiger partial charge in [-0.15, -0.1) is 0 Å². The van der Waals surface area contributed by atoms with E-state index in [1.54, 1.807) is 0 Å². The number of thiol groups is 1. The monoisotopic (exact) mass is 217 g/mol. The van der Waals surface area contributed by atoms with E-state index >= 15 is 0 Å². The lowest BCUT2D eigenvalue weighted by Crippen LogP contribution is -2.32. The van der Waals surface area contributed by atoms with Gasteiger partial charge < -0.3 is 10.4 Å². The second-order valence-corrected chi connectivity index (χ2v) is 4.01. The Morgan fingerprint density at radius 3 is 2.71 bits per heavy atom. The average Bonchev–Trinajstić information content (AvgIpc) is 2.38. The zero-order valence-electron chi connectivity index (χ0n) is 8.06. The van der Waals surface area contributed by atoms with E-state index in [1.807, 2.05) is 0 Å². The van der Waals surface area contributed by atoms with Crippen molar-refractivity contribution < 1.29 is 14.7 Å². The van der Waals surface area contributed by atoms with Gasteiger partial charge in [0, 0.05) is 0 Å². The van der Waals surface area contributed by atoms with Gasteiger partial charge in [0.2, 0.25) is 5.91 Å². The third-order valence-electron chi connectivity index (χ3n) is 2.48. The van der Waals surface area contributed by atoms with Crippen LogP contribution >= 0.6 is 12.6 Å². The smallest absolute Gasteiger partial charge is 0.233 e. The van der Waals surface area contributed by atoms with Crippen LogP contribution < -0.4 is 5.32 Å². The fraction of sp³-hybridized carbons (Fsp3) is 0.778. The lowest BCUT2D eigenvalue weighted by Gasteiger charge is -2.14. The van der Waals surface area contributed by atoms with Gasteiger partial charge in [0.1, 0.15) is 11.7 Å². The van der Waals surface area contributed by atoms with Crippen LogP contribution in [0.2, 0.25) is 0 Å². The number of nitrogens with one attached hydrogen (secondary N) is 1. The highest BCUT2D eigenvalue weighted by atomic mass is 32.1. The van der Waals surface area contributed by atoms with Gasteiger partial charge in [0.25, 0.3) is 0 Å². The van der Waals surface area contributed by atoms with Crippen LogP contribution in [0.3, 0.4) is 0 Å². The van der Waals surface area contributed by atoms with Crippen molar-refractivity contribution in [3.63, 3.8) is 0 Å². The normalized spacial score (nSPS) is 31.6. The molecule has 0 radical (unpaired) electrons. The molecule has 0 aromatic rings. The highest BCUT2D eigenvalue weighted by Crippen LogP contribution is 2.20. The molecule has 0 aromatic carbocycles. The summed E-state index contributed by atoms with van der Waals surface area (Å²) in [7, 11) is 0. The van der Waals surface area contributed by atoms with Crippen LogP contribution in [0, 0.1) is 5.92 Å². The molecular weight excluding hydrogens is 202 g/mol. The molecule has 0 saturated carbocycles. The third-order valence-corrected chi connectivity index (χ3v) is 2.79. The average molecular weight is 217 g/mol. The maximum Gasteiger partial charge on any atom is 0.233 e. The highest BCUT2D eigenvalue weighted by Gasteiger charge is 2.43. The molecule has 1 aliphatic rings. The number of carbonyl (C=O) groups excluding carboxylic acids is 2. The van der Waals surface area contributed by atoms with Crippen molar-refractivity contribution in [1.29, 1.82) is 0 Å². The summed E-state index contributed by atoms with van der Waals surface area (Å²) in [5, 5.41) is 12.3. The molecule has 80 valence electrons. The predicted molar refractivity (Wildman–Crippen MR) is 55.2 cm³/mol.